The Labute approximate surface area is 151 Å². The molecule has 0 radical (unpaired) electrons. The van der Waals surface area contributed by atoms with Crippen LogP contribution in [0.4, 0.5) is 0 Å². The SMILES string of the molecule is CC.[CH2-]c1ccccc1-c1ccc(O)c(CNC)c1.[CH3-].[Na+]. The van der Waals surface area contributed by atoms with Crippen molar-refractivity contribution in [1.29, 1.82) is 0 Å². The molecule has 0 bridgehead atoms. The molecule has 3 heteroatoms. The summed E-state index contributed by atoms with van der Waals surface area (Å²) < 4.78 is 0. The molecule has 2 aromatic carbocycles. The normalized spacial score (nSPS) is 8.71. The third-order valence-corrected chi connectivity index (χ3v) is 2.78. The number of hydrogen-bond donors (Lipinski definition) is 2. The van der Waals surface area contributed by atoms with Crippen LogP contribution >= 0.6 is 0 Å². The molecule has 2 aromatic rings. The molecular formula is C18H25NNaO-. The Morgan fingerprint density at radius 2 is 1.71 bits per heavy atom. The summed E-state index contributed by atoms with van der Waals surface area (Å²) in [6.07, 6.45) is 0. The second-order valence-corrected chi connectivity index (χ2v) is 4.03. The topological polar surface area (TPSA) is 32.3 Å². The van der Waals surface area contributed by atoms with Gasteiger partial charge in [-0.3, -0.25) is 0 Å². The predicted molar refractivity (Wildman–Crippen MR) is 88.5 cm³/mol. The van der Waals surface area contributed by atoms with Gasteiger partial charge in [-0.2, -0.15) is 18.6 Å². The molecule has 0 heterocycles. The van der Waals surface area contributed by atoms with Gasteiger partial charge in [0, 0.05) is 12.1 Å². The van der Waals surface area contributed by atoms with E-state index in [1.165, 1.54) is 0 Å². The van der Waals surface area contributed by atoms with Crippen molar-refractivity contribution in [2.75, 3.05) is 7.05 Å². The van der Waals surface area contributed by atoms with Crippen LogP contribution < -0.4 is 34.9 Å². The van der Waals surface area contributed by atoms with Gasteiger partial charge in [-0.1, -0.05) is 37.6 Å². The number of nitrogens with one attached hydrogen (secondary N) is 1. The number of hydrogen-bond acceptors (Lipinski definition) is 2. The standard InChI is InChI=1S/C15H16NO.C2H6.CH3.Na/c1-11-5-3-4-6-14(11)12-7-8-15(17)13(9-12)10-16-2;1-2;;/h3-9,16-17H,1,10H2,2H3;1-2H3;1H3;/q-1;;-1;+1. The van der Waals surface area contributed by atoms with Crippen molar-refractivity contribution in [1.82, 2.24) is 5.32 Å². The average Bonchev–Trinajstić information content (AvgIpc) is 2.44. The number of benzene rings is 2. The zero-order valence-corrected chi connectivity index (χ0v) is 15.9. The molecule has 0 saturated heterocycles. The van der Waals surface area contributed by atoms with Crippen molar-refractivity contribution >= 4 is 0 Å². The van der Waals surface area contributed by atoms with Gasteiger partial charge in [0.2, 0.25) is 0 Å². The Bertz CT molecular complexity index is 526. The minimum absolute atomic E-state index is 0. The molecule has 0 amide bonds. The van der Waals surface area contributed by atoms with Crippen LogP contribution in [0.25, 0.3) is 11.1 Å². The molecular weight excluding hydrogens is 269 g/mol. The molecule has 0 spiro atoms. The number of aromatic hydroxyl groups is 1. The minimum atomic E-state index is 0. The summed E-state index contributed by atoms with van der Waals surface area (Å²) >= 11 is 0. The maximum absolute atomic E-state index is 9.73. The fourth-order valence-electron chi connectivity index (χ4n) is 1.89. The van der Waals surface area contributed by atoms with Crippen molar-refractivity contribution in [3.05, 3.63) is 67.9 Å². The summed E-state index contributed by atoms with van der Waals surface area (Å²) in [5.41, 5.74) is 4.07. The Kier molecular flexibility index (Phi) is 12.5. The van der Waals surface area contributed by atoms with Crippen LogP contribution in [-0.4, -0.2) is 12.2 Å². The molecule has 2 rings (SSSR count). The van der Waals surface area contributed by atoms with Gasteiger partial charge in [0.25, 0.3) is 0 Å². The maximum Gasteiger partial charge on any atom is 1.00 e. The maximum atomic E-state index is 9.73. The second kappa shape index (κ2) is 11.7. The van der Waals surface area contributed by atoms with Crippen LogP contribution in [0.1, 0.15) is 25.0 Å². The summed E-state index contributed by atoms with van der Waals surface area (Å²) in [7, 11) is 1.86. The van der Waals surface area contributed by atoms with Crippen LogP contribution in [0.2, 0.25) is 0 Å². The van der Waals surface area contributed by atoms with Gasteiger partial charge in [-0.25, -0.2) is 0 Å². The fraction of sp³-hybridized carbons (Fsp3) is 0.222. The Morgan fingerprint density at radius 3 is 2.29 bits per heavy atom. The van der Waals surface area contributed by atoms with Crippen LogP contribution in [-0.2, 0) is 6.54 Å². The van der Waals surface area contributed by atoms with Crippen LogP contribution in [0.3, 0.4) is 0 Å². The quantitative estimate of drug-likeness (QED) is 0.663. The largest absolute Gasteiger partial charge is 1.00 e. The first-order valence-corrected chi connectivity index (χ1v) is 6.60. The van der Waals surface area contributed by atoms with Gasteiger partial charge >= 0.3 is 29.6 Å². The molecule has 0 aromatic heterocycles. The van der Waals surface area contributed by atoms with Gasteiger partial charge in [0.15, 0.2) is 0 Å². The smallest absolute Gasteiger partial charge is 0.508 e. The van der Waals surface area contributed by atoms with E-state index in [0.717, 1.165) is 22.3 Å². The van der Waals surface area contributed by atoms with Crippen molar-refractivity contribution in [2.45, 2.75) is 20.4 Å². The Hall–Kier alpha value is -0.930. The summed E-state index contributed by atoms with van der Waals surface area (Å²) in [5.74, 6) is 0.324. The van der Waals surface area contributed by atoms with E-state index in [9.17, 15) is 5.11 Å². The van der Waals surface area contributed by atoms with E-state index in [-0.39, 0.29) is 37.0 Å². The third kappa shape index (κ3) is 6.15. The molecule has 0 unspecified atom stereocenters. The molecule has 2 nitrogen and oxygen atoms in total. The van der Waals surface area contributed by atoms with E-state index in [2.05, 4.69) is 12.2 Å². The summed E-state index contributed by atoms with van der Waals surface area (Å²) in [4.78, 5) is 0. The Morgan fingerprint density at radius 1 is 1.10 bits per heavy atom. The second-order valence-electron chi connectivity index (χ2n) is 4.03. The van der Waals surface area contributed by atoms with Crippen LogP contribution in [0.5, 0.6) is 5.75 Å². The Balaban J connectivity index is 0. The monoisotopic (exact) mass is 294 g/mol. The molecule has 0 aliphatic heterocycles. The van der Waals surface area contributed by atoms with Gasteiger partial charge in [-0.05, 0) is 13.1 Å². The van der Waals surface area contributed by atoms with E-state index in [1.807, 2.05) is 57.3 Å². The summed E-state index contributed by atoms with van der Waals surface area (Å²) in [5, 5.41) is 12.8. The number of phenolic OH excluding ortho intramolecular Hbond substituents is 1. The van der Waals surface area contributed by atoms with Crippen molar-refractivity contribution in [3.8, 4) is 16.9 Å². The molecule has 0 fully saturated rings. The number of rotatable bonds is 3. The van der Waals surface area contributed by atoms with Crippen molar-refractivity contribution in [2.24, 2.45) is 0 Å². The first-order chi connectivity index (χ1) is 9.22. The van der Waals surface area contributed by atoms with E-state index in [1.54, 1.807) is 6.07 Å². The van der Waals surface area contributed by atoms with Gasteiger partial charge in [0.05, 0.1) is 0 Å². The molecule has 0 aliphatic carbocycles. The first kappa shape index (κ1) is 22.4. The van der Waals surface area contributed by atoms with Gasteiger partial charge in [-0.15, -0.1) is 17.7 Å². The van der Waals surface area contributed by atoms with E-state index >= 15 is 0 Å². The van der Waals surface area contributed by atoms with E-state index < -0.39 is 0 Å². The zero-order chi connectivity index (χ0) is 14.3. The molecule has 0 atom stereocenters. The summed E-state index contributed by atoms with van der Waals surface area (Å²) in [6, 6.07) is 13.6. The van der Waals surface area contributed by atoms with Crippen LogP contribution in [0.15, 0.2) is 42.5 Å². The van der Waals surface area contributed by atoms with Crippen LogP contribution in [0, 0.1) is 14.4 Å². The van der Waals surface area contributed by atoms with Gasteiger partial charge < -0.3 is 17.8 Å². The predicted octanol–water partition coefficient (Wildman–Crippen LogP) is 1.44. The number of phenols is 1. The first-order valence-electron chi connectivity index (χ1n) is 6.60. The third-order valence-electron chi connectivity index (χ3n) is 2.78. The molecule has 2 N–H and O–H groups in total. The van der Waals surface area contributed by atoms with E-state index in [4.69, 9.17) is 0 Å². The average molecular weight is 294 g/mol. The van der Waals surface area contributed by atoms with Gasteiger partial charge in [0.1, 0.15) is 5.75 Å². The zero-order valence-electron chi connectivity index (χ0n) is 13.9. The molecule has 110 valence electrons. The molecule has 0 aliphatic rings. The minimum Gasteiger partial charge on any atom is -0.508 e. The van der Waals surface area contributed by atoms with E-state index in [0.29, 0.717) is 12.3 Å². The molecule has 0 saturated carbocycles. The fourth-order valence-corrected chi connectivity index (χ4v) is 1.89. The summed E-state index contributed by atoms with van der Waals surface area (Å²) in [6.45, 7) is 8.67. The molecule has 21 heavy (non-hydrogen) atoms. The van der Waals surface area contributed by atoms with Crippen molar-refractivity contribution in [3.63, 3.8) is 0 Å². The van der Waals surface area contributed by atoms with Crippen molar-refractivity contribution < 1.29 is 34.7 Å².